The number of hydrogen-bond donors (Lipinski definition) is 2. The van der Waals surface area contributed by atoms with Gasteiger partial charge in [-0.15, -0.1) is 11.3 Å². The lowest BCUT2D eigenvalue weighted by atomic mass is 10.3. The summed E-state index contributed by atoms with van der Waals surface area (Å²) in [5.41, 5.74) is 0. The van der Waals surface area contributed by atoms with Gasteiger partial charge >= 0.3 is 6.03 Å². The van der Waals surface area contributed by atoms with Crippen molar-refractivity contribution >= 4 is 22.4 Å². The normalized spacial score (nSPS) is 16.4. The summed E-state index contributed by atoms with van der Waals surface area (Å²) in [6.07, 6.45) is 0.970. The molecule has 2 heterocycles. The highest BCUT2D eigenvalue weighted by molar-refractivity contribution is 7.14. The number of thiophene rings is 1. The third-order valence-electron chi connectivity index (χ3n) is 2.80. The van der Waals surface area contributed by atoms with Crippen LogP contribution in [-0.2, 0) is 4.74 Å². The Balaban J connectivity index is 1.53. The fraction of sp³-hybridized carbons (Fsp3) is 0.583. The van der Waals surface area contributed by atoms with Crippen molar-refractivity contribution in [2.45, 2.75) is 6.42 Å². The molecule has 0 aliphatic carbocycles. The van der Waals surface area contributed by atoms with Gasteiger partial charge in [-0.05, 0) is 30.5 Å². The quantitative estimate of drug-likeness (QED) is 0.798. The van der Waals surface area contributed by atoms with Gasteiger partial charge in [-0.3, -0.25) is 10.2 Å². The van der Waals surface area contributed by atoms with Gasteiger partial charge in [-0.2, -0.15) is 0 Å². The van der Waals surface area contributed by atoms with E-state index in [1.807, 2.05) is 17.5 Å². The van der Waals surface area contributed by atoms with Crippen molar-refractivity contribution in [3.05, 3.63) is 17.5 Å². The van der Waals surface area contributed by atoms with E-state index in [4.69, 9.17) is 4.74 Å². The summed E-state index contributed by atoms with van der Waals surface area (Å²) in [6.45, 7) is 5.37. The molecule has 0 radical (unpaired) electrons. The van der Waals surface area contributed by atoms with Crippen molar-refractivity contribution in [1.29, 1.82) is 0 Å². The monoisotopic (exact) mass is 269 g/mol. The number of amides is 2. The van der Waals surface area contributed by atoms with Crippen LogP contribution in [0.25, 0.3) is 0 Å². The summed E-state index contributed by atoms with van der Waals surface area (Å²) in [4.78, 5) is 13.9. The van der Waals surface area contributed by atoms with Gasteiger partial charge in [0.15, 0.2) is 0 Å². The fourth-order valence-electron chi connectivity index (χ4n) is 1.84. The number of ether oxygens (including phenoxy) is 1. The van der Waals surface area contributed by atoms with E-state index < -0.39 is 0 Å². The molecular weight excluding hydrogens is 250 g/mol. The molecule has 2 rings (SSSR count). The minimum atomic E-state index is -0.126. The number of nitrogens with zero attached hydrogens (tertiary/aromatic N) is 1. The summed E-state index contributed by atoms with van der Waals surface area (Å²) >= 11 is 1.52. The molecule has 0 bridgehead atoms. The van der Waals surface area contributed by atoms with Crippen LogP contribution in [-0.4, -0.2) is 50.3 Å². The number of urea groups is 1. The summed E-state index contributed by atoms with van der Waals surface area (Å²) in [5, 5.41) is 8.47. The van der Waals surface area contributed by atoms with Gasteiger partial charge in [-0.1, -0.05) is 0 Å². The molecule has 100 valence electrons. The first-order valence-electron chi connectivity index (χ1n) is 6.23. The van der Waals surface area contributed by atoms with Crippen LogP contribution in [0.1, 0.15) is 6.42 Å². The van der Waals surface area contributed by atoms with Gasteiger partial charge in [-0.25, -0.2) is 4.79 Å². The molecule has 1 saturated heterocycles. The molecule has 1 aromatic rings. The van der Waals surface area contributed by atoms with Crippen molar-refractivity contribution in [1.82, 2.24) is 10.2 Å². The topological polar surface area (TPSA) is 53.6 Å². The number of carbonyl (C=O) groups is 1. The van der Waals surface area contributed by atoms with Gasteiger partial charge in [0.2, 0.25) is 0 Å². The molecule has 1 aliphatic heterocycles. The highest BCUT2D eigenvalue weighted by Crippen LogP contribution is 2.14. The Bertz CT molecular complexity index is 350. The highest BCUT2D eigenvalue weighted by atomic mass is 32.1. The van der Waals surface area contributed by atoms with Crippen LogP contribution in [0.2, 0.25) is 0 Å². The number of hydrogen-bond acceptors (Lipinski definition) is 4. The number of carbonyl (C=O) groups excluding carboxylic acids is 1. The molecule has 1 aromatic heterocycles. The van der Waals surface area contributed by atoms with Crippen LogP contribution in [0.15, 0.2) is 17.5 Å². The predicted octanol–water partition coefficient (Wildman–Crippen LogP) is 1.59. The summed E-state index contributed by atoms with van der Waals surface area (Å²) in [6, 6.07) is 3.68. The molecular formula is C12H19N3O2S. The van der Waals surface area contributed by atoms with E-state index in [1.54, 1.807) is 0 Å². The molecule has 0 aromatic carbocycles. The molecule has 2 N–H and O–H groups in total. The van der Waals surface area contributed by atoms with Crippen LogP contribution in [0.3, 0.4) is 0 Å². The molecule has 0 spiro atoms. The molecule has 0 unspecified atom stereocenters. The Kier molecular flexibility index (Phi) is 5.44. The van der Waals surface area contributed by atoms with Crippen molar-refractivity contribution in [2.24, 2.45) is 0 Å². The van der Waals surface area contributed by atoms with Crippen LogP contribution < -0.4 is 10.6 Å². The number of rotatable bonds is 5. The Hall–Kier alpha value is -1.11. The Morgan fingerprint density at radius 2 is 2.28 bits per heavy atom. The van der Waals surface area contributed by atoms with E-state index in [-0.39, 0.29) is 6.03 Å². The predicted molar refractivity (Wildman–Crippen MR) is 73.2 cm³/mol. The summed E-state index contributed by atoms with van der Waals surface area (Å²) < 4.78 is 5.28. The molecule has 18 heavy (non-hydrogen) atoms. The highest BCUT2D eigenvalue weighted by Gasteiger charge is 2.09. The molecule has 6 heteroatoms. The lowest BCUT2D eigenvalue weighted by Gasteiger charge is -2.26. The molecule has 0 atom stereocenters. The van der Waals surface area contributed by atoms with Crippen molar-refractivity contribution < 1.29 is 9.53 Å². The van der Waals surface area contributed by atoms with Crippen LogP contribution in [0.5, 0.6) is 0 Å². The Labute approximate surface area is 111 Å². The molecule has 5 nitrogen and oxygen atoms in total. The van der Waals surface area contributed by atoms with Crippen molar-refractivity contribution in [2.75, 3.05) is 44.7 Å². The molecule has 1 aliphatic rings. The maximum absolute atomic E-state index is 11.5. The van der Waals surface area contributed by atoms with Crippen molar-refractivity contribution in [3.63, 3.8) is 0 Å². The number of nitrogens with one attached hydrogen (secondary N) is 2. The second-order valence-corrected chi connectivity index (χ2v) is 5.11. The second-order valence-electron chi connectivity index (χ2n) is 4.17. The van der Waals surface area contributed by atoms with Crippen LogP contribution >= 0.6 is 11.3 Å². The Morgan fingerprint density at radius 3 is 3.00 bits per heavy atom. The third-order valence-corrected chi connectivity index (χ3v) is 3.58. The Morgan fingerprint density at radius 1 is 1.44 bits per heavy atom. The van der Waals surface area contributed by atoms with Crippen molar-refractivity contribution in [3.8, 4) is 0 Å². The standard InChI is InChI=1S/C12H19N3O2S/c16-12(14-11-3-1-10-18-11)13-4-2-5-15-6-8-17-9-7-15/h1,3,10H,2,4-9H2,(H2,13,14,16). The van der Waals surface area contributed by atoms with Crippen LogP contribution in [0.4, 0.5) is 9.80 Å². The fourth-order valence-corrected chi connectivity index (χ4v) is 2.45. The lowest BCUT2D eigenvalue weighted by Crippen LogP contribution is -2.38. The maximum atomic E-state index is 11.5. The van der Waals surface area contributed by atoms with Crippen LogP contribution in [0, 0.1) is 0 Å². The first kappa shape index (κ1) is 13.3. The van der Waals surface area contributed by atoms with Gasteiger partial charge in [0.05, 0.1) is 18.2 Å². The molecule has 1 fully saturated rings. The molecule has 0 saturated carbocycles. The van der Waals surface area contributed by atoms with E-state index in [2.05, 4.69) is 15.5 Å². The second kappa shape index (κ2) is 7.35. The SMILES string of the molecule is O=C(NCCCN1CCOCC1)Nc1cccs1. The third kappa shape index (κ3) is 4.64. The zero-order valence-electron chi connectivity index (χ0n) is 10.4. The van der Waals surface area contributed by atoms with E-state index in [1.165, 1.54) is 11.3 Å². The minimum Gasteiger partial charge on any atom is -0.379 e. The minimum absolute atomic E-state index is 0.126. The van der Waals surface area contributed by atoms with E-state index in [0.717, 1.165) is 44.3 Å². The summed E-state index contributed by atoms with van der Waals surface area (Å²) in [7, 11) is 0. The first-order valence-corrected chi connectivity index (χ1v) is 7.11. The van der Waals surface area contributed by atoms with E-state index in [9.17, 15) is 4.79 Å². The lowest BCUT2D eigenvalue weighted by molar-refractivity contribution is 0.0375. The summed E-state index contributed by atoms with van der Waals surface area (Å²) in [5.74, 6) is 0. The smallest absolute Gasteiger partial charge is 0.319 e. The average Bonchev–Trinajstić information content (AvgIpc) is 2.89. The van der Waals surface area contributed by atoms with E-state index >= 15 is 0 Å². The maximum Gasteiger partial charge on any atom is 0.319 e. The number of anilines is 1. The van der Waals surface area contributed by atoms with E-state index in [0.29, 0.717) is 6.54 Å². The number of morpholine rings is 1. The zero-order chi connectivity index (χ0) is 12.6. The van der Waals surface area contributed by atoms with Gasteiger partial charge < -0.3 is 10.1 Å². The largest absolute Gasteiger partial charge is 0.379 e. The average molecular weight is 269 g/mol. The first-order chi connectivity index (χ1) is 8.84. The molecule has 2 amide bonds. The van der Waals surface area contributed by atoms with Gasteiger partial charge in [0.1, 0.15) is 0 Å². The zero-order valence-corrected chi connectivity index (χ0v) is 11.2. The van der Waals surface area contributed by atoms with Gasteiger partial charge in [0.25, 0.3) is 0 Å². The van der Waals surface area contributed by atoms with Gasteiger partial charge in [0, 0.05) is 19.6 Å².